The summed E-state index contributed by atoms with van der Waals surface area (Å²) in [6, 6.07) is 9.65. The summed E-state index contributed by atoms with van der Waals surface area (Å²) in [5.74, 6) is -2.15. The van der Waals surface area contributed by atoms with E-state index in [0.717, 1.165) is 22.7 Å². The predicted molar refractivity (Wildman–Crippen MR) is 99.5 cm³/mol. The van der Waals surface area contributed by atoms with E-state index in [0.29, 0.717) is 0 Å². The van der Waals surface area contributed by atoms with E-state index < -0.39 is 17.8 Å². The molecule has 1 heterocycles. The van der Waals surface area contributed by atoms with Crippen LogP contribution in [0.5, 0.6) is 0 Å². The third kappa shape index (κ3) is 2.94. The third-order valence-electron chi connectivity index (χ3n) is 5.37. The number of rotatable bonds is 5. The average molecular weight is 368 g/mol. The number of aromatic nitrogens is 1. The summed E-state index contributed by atoms with van der Waals surface area (Å²) < 4.78 is 0. The van der Waals surface area contributed by atoms with Gasteiger partial charge in [-0.2, -0.15) is 0 Å². The maximum absolute atomic E-state index is 12.8. The van der Waals surface area contributed by atoms with Gasteiger partial charge in [-0.05, 0) is 25.2 Å². The minimum absolute atomic E-state index is 0.0203. The molecule has 0 saturated heterocycles. The van der Waals surface area contributed by atoms with Crippen molar-refractivity contribution in [1.82, 2.24) is 10.3 Å². The number of fused-ring (bicyclic) bond motifs is 2. The van der Waals surface area contributed by atoms with Crippen molar-refractivity contribution in [3.05, 3.63) is 52.9 Å². The minimum atomic E-state index is -0.879. The molecule has 26 heavy (non-hydrogen) atoms. The second kappa shape index (κ2) is 6.68. The number of carboxylic acids is 1. The molecule has 5 nitrogen and oxygen atoms in total. The number of nitrogens with one attached hydrogen (secondary N) is 1. The number of hydrogen-bond acceptors (Lipinski definition) is 4. The molecule has 1 fully saturated rings. The van der Waals surface area contributed by atoms with Gasteiger partial charge in [0.25, 0.3) is 0 Å². The smallest absolute Gasteiger partial charge is 0.307 e. The van der Waals surface area contributed by atoms with E-state index in [1.54, 1.807) is 0 Å². The van der Waals surface area contributed by atoms with Crippen molar-refractivity contribution in [2.24, 2.45) is 23.7 Å². The van der Waals surface area contributed by atoms with Crippen LogP contribution in [0.2, 0.25) is 0 Å². The molecule has 4 rings (SSSR count). The Balaban J connectivity index is 1.47. The van der Waals surface area contributed by atoms with Crippen molar-refractivity contribution in [3.63, 3.8) is 0 Å². The maximum Gasteiger partial charge on any atom is 0.307 e. The fraction of sp³-hybridized carbons (Fsp3) is 0.350. The molecular weight excluding hydrogens is 348 g/mol. The van der Waals surface area contributed by atoms with Crippen molar-refractivity contribution >= 4 is 23.2 Å². The van der Waals surface area contributed by atoms with Crippen LogP contribution in [0.3, 0.4) is 0 Å². The largest absolute Gasteiger partial charge is 0.481 e. The first-order chi connectivity index (χ1) is 12.5. The van der Waals surface area contributed by atoms with Gasteiger partial charge in [0.05, 0.1) is 23.6 Å². The fourth-order valence-corrected chi connectivity index (χ4v) is 4.95. The molecule has 0 aliphatic heterocycles. The van der Waals surface area contributed by atoms with Gasteiger partial charge >= 0.3 is 5.97 Å². The van der Waals surface area contributed by atoms with Gasteiger partial charge in [0.1, 0.15) is 5.01 Å². The highest BCUT2D eigenvalue weighted by atomic mass is 32.1. The number of hydrogen-bond donors (Lipinski definition) is 2. The quantitative estimate of drug-likeness (QED) is 0.792. The van der Waals surface area contributed by atoms with Gasteiger partial charge in [0, 0.05) is 10.9 Å². The molecule has 2 aliphatic rings. The minimum Gasteiger partial charge on any atom is -0.481 e. The molecule has 134 valence electrons. The molecule has 0 radical (unpaired) electrons. The number of thiazole rings is 1. The van der Waals surface area contributed by atoms with E-state index in [-0.39, 0.29) is 23.8 Å². The second-order valence-corrected chi connectivity index (χ2v) is 7.90. The van der Waals surface area contributed by atoms with E-state index in [2.05, 4.69) is 10.3 Å². The number of benzene rings is 1. The van der Waals surface area contributed by atoms with Crippen LogP contribution in [0.15, 0.2) is 47.9 Å². The van der Waals surface area contributed by atoms with Gasteiger partial charge in [0.2, 0.25) is 5.91 Å². The number of carboxylic acid groups (broad SMARTS) is 1. The molecule has 2 N–H and O–H groups in total. The van der Waals surface area contributed by atoms with E-state index in [1.165, 1.54) is 11.3 Å². The molecule has 2 bridgehead atoms. The van der Waals surface area contributed by atoms with Crippen molar-refractivity contribution in [1.29, 1.82) is 0 Å². The first-order valence-electron chi connectivity index (χ1n) is 8.77. The molecule has 1 aromatic carbocycles. The summed E-state index contributed by atoms with van der Waals surface area (Å²) in [6.45, 7) is 1.89. The van der Waals surface area contributed by atoms with Gasteiger partial charge in [-0.25, -0.2) is 4.98 Å². The second-order valence-electron chi connectivity index (χ2n) is 7.01. The molecule has 5 atom stereocenters. The summed E-state index contributed by atoms with van der Waals surface area (Å²) in [4.78, 5) is 29.0. The van der Waals surface area contributed by atoms with Gasteiger partial charge in [-0.15, -0.1) is 11.3 Å². The zero-order chi connectivity index (χ0) is 18.3. The Morgan fingerprint density at radius 3 is 2.58 bits per heavy atom. The maximum atomic E-state index is 12.8. The molecule has 1 amide bonds. The lowest BCUT2D eigenvalue weighted by Crippen LogP contribution is -2.41. The molecule has 2 aromatic rings. The Bertz CT molecular complexity index is 861. The molecule has 0 unspecified atom stereocenters. The number of carbonyl (C=O) groups is 2. The van der Waals surface area contributed by atoms with Crippen LogP contribution in [0.1, 0.15) is 24.4 Å². The summed E-state index contributed by atoms with van der Waals surface area (Å²) >= 11 is 1.50. The van der Waals surface area contributed by atoms with E-state index in [1.807, 2.05) is 54.8 Å². The van der Waals surface area contributed by atoms with Gasteiger partial charge in [0.15, 0.2) is 0 Å². The zero-order valence-corrected chi connectivity index (χ0v) is 15.1. The summed E-state index contributed by atoms with van der Waals surface area (Å²) in [5, 5.41) is 15.3. The van der Waals surface area contributed by atoms with Crippen LogP contribution in [-0.4, -0.2) is 22.0 Å². The first kappa shape index (κ1) is 17.0. The number of aliphatic carboxylic acids is 1. The van der Waals surface area contributed by atoms with Crippen molar-refractivity contribution in [2.75, 3.05) is 0 Å². The first-order valence-corrected chi connectivity index (χ1v) is 9.65. The number of allylic oxidation sites excluding steroid dienone is 2. The number of amides is 1. The molecule has 2 aliphatic carbocycles. The Hall–Kier alpha value is -2.47. The highest BCUT2D eigenvalue weighted by Crippen LogP contribution is 2.48. The van der Waals surface area contributed by atoms with Crippen LogP contribution >= 0.6 is 11.3 Å². The molecule has 6 heteroatoms. The third-order valence-corrected chi connectivity index (χ3v) is 6.40. The van der Waals surface area contributed by atoms with Crippen LogP contribution in [-0.2, 0) is 9.59 Å². The number of carbonyl (C=O) groups excluding carboxylic acids is 1. The van der Waals surface area contributed by atoms with Crippen molar-refractivity contribution < 1.29 is 14.7 Å². The lowest BCUT2D eigenvalue weighted by molar-refractivity contribution is -0.148. The van der Waals surface area contributed by atoms with Crippen LogP contribution in [0.4, 0.5) is 0 Å². The zero-order valence-electron chi connectivity index (χ0n) is 14.3. The van der Waals surface area contributed by atoms with E-state index in [9.17, 15) is 14.7 Å². The topological polar surface area (TPSA) is 79.3 Å². The SMILES string of the molecule is C[C@H](NC(=O)[C@H]1[C@H](C(=O)O)[C@H]2C=C[C@H]1C2)c1nc(-c2ccccc2)cs1. The Morgan fingerprint density at radius 2 is 1.88 bits per heavy atom. The summed E-state index contributed by atoms with van der Waals surface area (Å²) in [7, 11) is 0. The van der Waals surface area contributed by atoms with E-state index >= 15 is 0 Å². The summed E-state index contributed by atoms with van der Waals surface area (Å²) in [5.41, 5.74) is 1.93. The number of nitrogens with zero attached hydrogens (tertiary/aromatic N) is 1. The van der Waals surface area contributed by atoms with Crippen molar-refractivity contribution in [2.45, 2.75) is 19.4 Å². The normalized spacial score (nSPS) is 27.4. The van der Waals surface area contributed by atoms with Crippen LogP contribution < -0.4 is 5.32 Å². The van der Waals surface area contributed by atoms with Gasteiger partial charge in [-0.3, -0.25) is 9.59 Å². The summed E-state index contributed by atoms with van der Waals surface area (Å²) in [6.07, 6.45) is 4.71. The highest BCUT2D eigenvalue weighted by Gasteiger charge is 2.51. The Labute approximate surface area is 155 Å². The van der Waals surface area contributed by atoms with Crippen LogP contribution in [0.25, 0.3) is 11.3 Å². The highest BCUT2D eigenvalue weighted by molar-refractivity contribution is 7.10. The Morgan fingerprint density at radius 1 is 1.19 bits per heavy atom. The van der Waals surface area contributed by atoms with Crippen molar-refractivity contribution in [3.8, 4) is 11.3 Å². The van der Waals surface area contributed by atoms with E-state index in [4.69, 9.17) is 0 Å². The lowest BCUT2D eigenvalue weighted by atomic mass is 9.82. The van der Waals surface area contributed by atoms with Crippen LogP contribution in [0, 0.1) is 23.7 Å². The van der Waals surface area contributed by atoms with Gasteiger partial charge < -0.3 is 10.4 Å². The fourth-order valence-electron chi connectivity index (χ4n) is 4.12. The molecule has 0 spiro atoms. The monoisotopic (exact) mass is 368 g/mol. The Kier molecular flexibility index (Phi) is 4.36. The standard InChI is InChI=1S/C20H20N2O3S/c1-11(19-22-15(10-26-19)12-5-3-2-4-6-12)21-18(23)16-13-7-8-14(9-13)17(16)20(24)25/h2-8,10-11,13-14,16-17H,9H2,1H3,(H,21,23)(H,24,25)/t11-,13-,14-,16+,17+/m0/s1. The predicted octanol–water partition coefficient (Wildman–Crippen LogP) is 3.51. The average Bonchev–Trinajstić information content (AvgIpc) is 3.37. The molecular formula is C20H20N2O3S. The molecule has 1 saturated carbocycles. The molecule has 1 aromatic heterocycles. The van der Waals surface area contributed by atoms with Gasteiger partial charge in [-0.1, -0.05) is 42.5 Å². The lowest BCUT2D eigenvalue weighted by Gasteiger charge is -2.25.